The van der Waals surface area contributed by atoms with Gasteiger partial charge in [-0.1, -0.05) is 12.5 Å². The van der Waals surface area contributed by atoms with Crippen LogP contribution >= 0.6 is 0 Å². The second kappa shape index (κ2) is 7.13. The minimum Gasteiger partial charge on any atom is -0.495 e. The zero-order chi connectivity index (χ0) is 15.3. The van der Waals surface area contributed by atoms with E-state index in [4.69, 9.17) is 4.74 Å². The molecule has 1 aromatic carbocycles. The van der Waals surface area contributed by atoms with Crippen molar-refractivity contribution in [2.45, 2.75) is 38.6 Å². The molecule has 0 saturated carbocycles. The molecule has 0 spiro atoms. The minimum absolute atomic E-state index is 0.127. The summed E-state index contributed by atoms with van der Waals surface area (Å²) in [6.07, 6.45) is 4.06. The molecule has 1 saturated heterocycles. The summed E-state index contributed by atoms with van der Waals surface area (Å²) in [5.41, 5.74) is 1.50. The molecule has 5 nitrogen and oxygen atoms in total. The number of ether oxygens (including phenoxy) is 1. The van der Waals surface area contributed by atoms with Crippen molar-refractivity contribution in [3.63, 3.8) is 0 Å². The summed E-state index contributed by atoms with van der Waals surface area (Å²) in [5.74, 6) is 0.668. The number of aryl methyl sites for hydroxylation is 1. The first-order valence-electron chi connectivity index (χ1n) is 7.39. The highest BCUT2D eigenvalue weighted by atomic mass is 32.2. The van der Waals surface area contributed by atoms with E-state index >= 15 is 0 Å². The van der Waals surface area contributed by atoms with Crippen LogP contribution in [0.15, 0.2) is 18.2 Å². The lowest BCUT2D eigenvalue weighted by molar-refractivity contribution is 0.393. The van der Waals surface area contributed by atoms with Crippen molar-refractivity contribution in [2.75, 3.05) is 24.1 Å². The Bertz CT molecular complexity index is 566. The number of rotatable bonds is 6. The van der Waals surface area contributed by atoms with Gasteiger partial charge in [-0.3, -0.25) is 4.72 Å². The van der Waals surface area contributed by atoms with E-state index in [9.17, 15) is 8.42 Å². The van der Waals surface area contributed by atoms with Crippen molar-refractivity contribution in [3.8, 4) is 5.75 Å². The van der Waals surface area contributed by atoms with Crippen LogP contribution in [0.5, 0.6) is 5.75 Å². The molecule has 1 unspecified atom stereocenters. The Morgan fingerprint density at radius 1 is 1.38 bits per heavy atom. The molecule has 1 fully saturated rings. The van der Waals surface area contributed by atoms with E-state index in [1.54, 1.807) is 12.1 Å². The van der Waals surface area contributed by atoms with Gasteiger partial charge in [0.05, 0.1) is 18.6 Å². The molecule has 2 N–H and O–H groups in total. The van der Waals surface area contributed by atoms with Gasteiger partial charge in [0.25, 0.3) is 0 Å². The second-order valence-corrected chi connectivity index (χ2v) is 7.40. The first-order valence-corrected chi connectivity index (χ1v) is 9.04. The van der Waals surface area contributed by atoms with Crippen molar-refractivity contribution in [1.82, 2.24) is 5.32 Å². The third kappa shape index (κ3) is 4.89. The maximum atomic E-state index is 12.2. The van der Waals surface area contributed by atoms with Gasteiger partial charge in [0, 0.05) is 6.04 Å². The van der Waals surface area contributed by atoms with Crippen molar-refractivity contribution in [2.24, 2.45) is 0 Å². The monoisotopic (exact) mass is 312 g/mol. The predicted octanol–water partition coefficient (Wildman–Crippen LogP) is 2.28. The molecule has 1 heterocycles. The molecule has 1 aliphatic heterocycles. The Balaban J connectivity index is 1.98. The number of anilines is 1. The number of hydrogen-bond donors (Lipinski definition) is 2. The van der Waals surface area contributed by atoms with Crippen molar-refractivity contribution >= 4 is 15.7 Å². The normalized spacial score (nSPS) is 19.2. The van der Waals surface area contributed by atoms with Crippen LogP contribution in [-0.2, 0) is 10.0 Å². The highest BCUT2D eigenvalue weighted by Gasteiger charge is 2.18. The fourth-order valence-electron chi connectivity index (χ4n) is 2.59. The quantitative estimate of drug-likeness (QED) is 0.845. The van der Waals surface area contributed by atoms with E-state index in [0.717, 1.165) is 18.5 Å². The summed E-state index contributed by atoms with van der Waals surface area (Å²) in [6, 6.07) is 5.77. The van der Waals surface area contributed by atoms with Crippen LogP contribution < -0.4 is 14.8 Å². The molecule has 0 bridgehead atoms. The Morgan fingerprint density at radius 3 is 2.86 bits per heavy atom. The molecule has 6 heteroatoms. The van der Waals surface area contributed by atoms with E-state index in [2.05, 4.69) is 10.0 Å². The molecule has 0 amide bonds. The standard InChI is InChI=1S/C15H24N2O3S/c1-12-6-7-15(20-2)14(11-12)17-21(18,19)10-8-13-5-3-4-9-16-13/h6-7,11,13,16-17H,3-5,8-10H2,1-2H3. The third-order valence-electron chi connectivity index (χ3n) is 3.77. The first kappa shape index (κ1) is 16.1. The first-order chi connectivity index (χ1) is 10.00. The Morgan fingerprint density at radius 2 is 2.19 bits per heavy atom. The number of piperidine rings is 1. The average Bonchev–Trinajstić information content (AvgIpc) is 2.46. The van der Waals surface area contributed by atoms with Crippen LogP contribution in [-0.4, -0.2) is 33.9 Å². The third-order valence-corrected chi connectivity index (χ3v) is 5.07. The molecule has 0 aromatic heterocycles. The number of hydrogen-bond acceptors (Lipinski definition) is 4. The zero-order valence-corrected chi connectivity index (χ0v) is 13.5. The largest absolute Gasteiger partial charge is 0.495 e. The molecule has 0 radical (unpaired) electrons. The smallest absolute Gasteiger partial charge is 0.232 e. The lowest BCUT2D eigenvalue weighted by atomic mass is 10.0. The van der Waals surface area contributed by atoms with Gasteiger partial charge in [0.1, 0.15) is 5.75 Å². The van der Waals surface area contributed by atoms with Gasteiger partial charge in [-0.05, 0) is 50.4 Å². The summed E-state index contributed by atoms with van der Waals surface area (Å²) >= 11 is 0. The van der Waals surface area contributed by atoms with E-state index in [0.29, 0.717) is 23.9 Å². The lowest BCUT2D eigenvalue weighted by Gasteiger charge is -2.23. The maximum Gasteiger partial charge on any atom is 0.232 e. The highest BCUT2D eigenvalue weighted by Crippen LogP contribution is 2.26. The van der Waals surface area contributed by atoms with Crippen molar-refractivity contribution in [3.05, 3.63) is 23.8 Å². The zero-order valence-electron chi connectivity index (χ0n) is 12.7. The van der Waals surface area contributed by atoms with Gasteiger partial charge in [-0.25, -0.2) is 8.42 Å². The minimum atomic E-state index is -3.35. The van der Waals surface area contributed by atoms with Gasteiger partial charge in [-0.15, -0.1) is 0 Å². The second-order valence-electron chi connectivity index (χ2n) is 5.56. The van der Waals surface area contributed by atoms with Gasteiger partial charge >= 0.3 is 0 Å². The molecule has 2 rings (SSSR count). The molecular formula is C15H24N2O3S. The van der Waals surface area contributed by atoms with Crippen LogP contribution in [0, 0.1) is 6.92 Å². The summed E-state index contributed by atoms with van der Waals surface area (Å²) in [6.45, 7) is 2.91. The Kier molecular flexibility index (Phi) is 5.47. The van der Waals surface area contributed by atoms with Gasteiger partial charge in [0.2, 0.25) is 10.0 Å². The van der Waals surface area contributed by atoms with Crippen molar-refractivity contribution in [1.29, 1.82) is 0 Å². The lowest BCUT2D eigenvalue weighted by Crippen LogP contribution is -2.36. The summed E-state index contributed by atoms with van der Waals surface area (Å²) in [5, 5.41) is 3.37. The van der Waals surface area contributed by atoms with Gasteiger partial charge in [-0.2, -0.15) is 0 Å². The van der Waals surface area contributed by atoms with Crippen LogP contribution in [0.25, 0.3) is 0 Å². The SMILES string of the molecule is COc1ccc(C)cc1NS(=O)(=O)CCC1CCCCN1. The van der Waals surface area contributed by atoms with E-state index in [1.807, 2.05) is 13.0 Å². The molecule has 21 heavy (non-hydrogen) atoms. The maximum absolute atomic E-state index is 12.2. The molecule has 118 valence electrons. The Hall–Kier alpha value is -1.27. The number of benzene rings is 1. The Labute approximate surface area is 127 Å². The number of nitrogens with one attached hydrogen (secondary N) is 2. The number of sulfonamides is 1. The van der Waals surface area contributed by atoms with Crippen LogP contribution in [0.3, 0.4) is 0 Å². The fourth-order valence-corrected chi connectivity index (χ4v) is 3.78. The molecule has 0 aliphatic carbocycles. The number of methoxy groups -OCH3 is 1. The van der Waals surface area contributed by atoms with Crippen LogP contribution in [0.2, 0.25) is 0 Å². The predicted molar refractivity (Wildman–Crippen MR) is 85.4 cm³/mol. The summed E-state index contributed by atoms with van der Waals surface area (Å²) in [4.78, 5) is 0. The summed E-state index contributed by atoms with van der Waals surface area (Å²) in [7, 11) is -1.82. The van der Waals surface area contributed by atoms with Gasteiger partial charge in [0.15, 0.2) is 0 Å². The fraction of sp³-hybridized carbons (Fsp3) is 0.600. The van der Waals surface area contributed by atoms with Gasteiger partial charge < -0.3 is 10.1 Å². The highest BCUT2D eigenvalue weighted by molar-refractivity contribution is 7.92. The van der Waals surface area contributed by atoms with E-state index in [1.165, 1.54) is 20.0 Å². The molecule has 1 aliphatic rings. The topological polar surface area (TPSA) is 67.4 Å². The van der Waals surface area contributed by atoms with E-state index < -0.39 is 10.0 Å². The molecular weight excluding hydrogens is 288 g/mol. The average molecular weight is 312 g/mol. The van der Waals surface area contributed by atoms with Crippen LogP contribution in [0.1, 0.15) is 31.2 Å². The summed E-state index contributed by atoms with van der Waals surface area (Å²) < 4.78 is 32.3. The van der Waals surface area contributed by atoms with E-state index in [-0.39, 0.29) is 5.75 Å². The van der Waals surface area contributed by atoms with Crippen LogP contribution in [0.4, 0.5) is 5.69 Å². The van der Waals surface area contributed by atoms with Crippen molar-refractivity contribution < 1.29 is 13.2 Å². The molecule has 1 atom stereocenters. The molecule has 1 aromatic rings.